The highest BCUT2D eigenvalue weighted by Gasteiger charge is 2.42. The van der Waals surface area contributed by atoms with Crippen molar-refractivity contribution in [1.29, 1.82) is 0 Å². The van der Waals surface area contributed by atoms with E-state index in [9.17, 15) is 0 Å². The Balaban J connectivity index is 1.70. The second kappa shape index (κ2) is 3.65. The summed E-state index contributed by atoms with van der Waals surface area (Å²) in [5.41, 5.74) is 1.16. The summed E-state index contributed by atoms with van der Waals surface area (Å²) < 4.78 is 5.56. The average Bonchev–Trinajstić information content (AvgIpc) is 3.11. The van der Waals surface area contributed by atoms with Gasteiger partial charge in [-0.15, -0.1) is 0 Å². The van der Waals surface area contributed by atoms with E-state index in [0.29, 0.717) is 5.41 Å². The molecule has 2 saturated heterocycles. The Kier molecular flexibility index (Phi) is 2.08. The monoisotopic (exact) mass is 245 g/mol. The van der Waals surface area contributed by atoms with E-state index in [1.54, 1.807) is 12.5 Å². The minimum absolute atomic E-state index is 0.348. The van der Waals surface area contributed by atoms with Gasteiger partial charge >= 0.3 is 0 Å². The lowest BCUT2D eigenvalue weighted by atomic mass is 9.87. The smallest absolute Gasteiger partial charge is 0.160 e. The Labute approximate surface area is 104 Å². The van der Waals surface area contributed by atoms with E-state index < -0.39 is 0 Å². The number of H-pyrrole nitrogens is 1. The van der Waals surface area contributed by atoms with E-state index >= 15 is 0 Å². The Morgan fingerprint density at radius 1 is 1.33 bits per heavy atom. The number of aromatic nitrogens is 4. The lowest BCUT2D eigenvalue weighted by Crippen LogP contribution is -2.28. The maximum absolute atomic E-state index is 5.56. The molecule has 1 N–H and O–H groups in total. The predicted octanol–water partition coefficient (Wildman–Crippen LogP) is 0.970. The van der Waals surface area contributed by atoms with Gasteiger partial charge in [-0.05, 0) is 12.8 Å². The molecule has 4 heterocycles. The lowest BCUT2D eigenvalue weighted by molar-refractivity contribution is 0.160. The molecule has 0 unspecified atom stereocenters. The van der Waals surface area contributed by atoms with Gasteiger partial charge in [-0.2, -0.15) is 5.10 Å². The summed E-state index contributed by atoms with van der Waals surface area (Å²) in [4.78, 5) is 11.0. The van der Waals surface area contributed by atoms with Crippen LogP contribution in [0.25, 0.3) is 11.0 Å². The van der Waals surface area contributed by atoms with Crippen LogP contribution in [0.3, 0.4) is 0 Å². The van der Waals surface area contributed by atoms with Crippen LogP contribution in [0.5, 0.6) is 0 Å². The number of aromatic amines is 1. The van der Waals surface area contributed by atoms with E-state index in [1.807, 2.05) is 0 Å². The maximum atomic E-state index is 5.56. The summed E-state index contributed by atoms with van der Waals surface area (Å²) in [6, 6.07) is 0. The van der Waals surface area contributed by atoms with Crippen LogP contribution >= 0.6 is 0 Å². The molecule has 2 aliphatic heterocycles. The Morgan fingerprint density at radius 3 is 3.22 bits per heavy atom. The first-order valence-electron chi connectivity index (χ1n) is 6.33. The Bertz CT molecular complexity index is 575. The van der Waals surface area contributed by atoms with Crippen molar-refractivity contribution in [3.63, 3.8) is 0 Å². The van der Waals surface area contributed by atoms with Crippen LogP contribution in [-0.4, -0.2) is 46.5 Å². The molecule has 0 bridgehead atoms. The first-order chi connectivity index (χ1) is 8.86. The molecular weight excluding hydrogens is 230 g/mol. The van der Waals surface area contributed by atoms with E-state index in [4.69, 9.17) is 4.74 Å². The predicted molar refractivity (Wildman–Crippen MR) is 66.4 cm³/mol. The number of fused-ring (bicyclic) bond motifs is 1. The SMILES string of the molecule is c1nc(N2CC[C@]3(CCOC3)C2)c2cn[nH]c2n1. The zero-order valence-electron chi connectivity index (χ0n) is 10.1. The van der Waals surface area contributed by atoms with E-state index in [0.717, 1.165) is 43.2 Å². The van der Waals surface area contributed by atoms with Gasteiger partial charge in [0.05, 0.1) is 18.2 Å². The third kappa shape index (κ3) is 1.42. The summed E-state index contributed by atoms with van der Waals surface area (Å²) >= 11 is 0. The highest BCUT2D eigenvalue weighted by molar-refractivity contribution is 5.86. The van der Waals surface area contributed by atoms with Crippen molar-refractivity contribution in [1.82, 2.24) is 20.2 Å². The van der Waals surface area contributed by atoms with Gasteiger partial charge in [-0.25, -0.2) is 9.97 Å². The molecule has 0 aromatic carbocycles. The summed E-state index contributed by atoms with van der Waals surface area (Å²) in [5.74, 6) is 0.998. The largest absolute Gasteiger partial charge is 0.381 e. The quantitative estimate of drug-likeness (QED) is 0.811. The fourth-order valence-electron chi connectivity index (χ4n) is 3.09. The summed E-state index contributed by atoms with van der Waals surface area (Å²) in [6.07, 6.45) is 5.77. The first-order valence-corrected chi connectivity index (χ1v) is 6.33. The number of nitrogens with zero attached hydrogens (tertiary/aromatic N) is 4. The standard InChI is InChI=1S/C12H15N5O/c1-3-17(6-12(1)2-4-18-7-12)11-9-5-15-16-10(9)13-8-14-11/h5,8H,1-4,6-7H2,(H,13,14,15,16)/t12-/m0/s1. The van der Waals surface area contributed by atoms with Crippen LogP contribution in [0.15, 0.2) is 12.5 Å². The first kappa shape index (κ1) is 10.3. The summed E-state index contributed by atoms with van der Waals surface area (Å²) in [5, 5.41) is 7.94. The van der Waals surface area contributed by atoms with Gasteiger partial charge in [-0.1, -0.05) is 0 Å². The van der Waals surface area contributed by atoms with Crippen LogP contribution in [0.4, 0.5) is 5.82 Å². The molecule has 6 heteroatoms. The van der Waals surface area contributed by atoms with Gasteiger partial charge in [-0.3, -0.25) is 5.10 Å². The van der Waals surface area contributed by atoms with Crippen molar-refractivity contribution >= 4 is 16.9 Å². The number of ether oxygens (including phenoxy) is 1. The zero-order chi connectivity index (χ0) is 12.0. The van der Waals surface area contributed by atoms with E-state index in [-0.39, 0.29) is 0 Å². The average molecular weight is 245 g/mol. The normalized spacial score (nSPS) is 27.7. The molecule has 6 nitrogen and oxygen atoms in total. The van der Waals surface area contributed by atoms with Crippen LogP contribution in [0.2, 0.25) is 0 Å². The van der Waals surface area contributed by atoms with Crippen molar-refractivity contribution < 1.29 is 4.74 Å². The van der Waals surface area contributed by atoms with Crippen LogP contribution in [0, 0.1) is 5.41 Å². The topological polar surface area (TPSA) is 66.9 Å². The molecule has 1 atom stereocenters. The van der Waals surface area contributed by atoms with Crippen LogP contribution in [0.1, 0.15) is 12.8 Å². The third-order valence-corrected chi connectivity index (χ3v) is 4.15. The van der Waals surface area contributed by atoms with Crippen LogP contribution < -0.4 is 4.90 Å². The lowest BCUT2D eigenvalue weighted by Gasteiger charge is -2.22. The molecule has 0 saturated carbocycles. The Hall–Kier alpha value is -1.69. The number of hydrogen-bond donors (Lipinski definition) is 1. The minimum Gasteiger partial charge on any atom is -0.381 e. The van der Waals surface area contributed by atoms with Gasteiger partial charge in [0, 0.05) is 25.1 Å². The molecule has 2 aromatic heterocycles. The van der Waals surface area contributed by atoms with Crippen molar-refractivity contribution in [2.75, 3.05) is 31.2 Å². The fraction of sp³-hybridized carbons (Fsp3) is 0.583. The second-order valence-electron chi connectivity index (χ2n) is 5.30. The molecule has 18 heavy (non-hydrogen) atoms. The molecule has 0 aliphatic carbocycles. The van der Waals surface area contributed by atoms with Crippen LogP contribution in [-0.2, 0) is 4.74 Å². The molecule has 0 amide bonds. The number of nitrogens with one attached hydrogen (secondary N) is 1. The molecule has 0 radical (unpaired) electrons. The minimum atomic E-state index is 0.348. The van der Waals surface area contributed by atoms with Gasteiger partial charge in [0.25, 0.3) is 0 Å². The zero-order valence-corrected chi connectivity index (χ0v) is 10.1. The maximum Gasteiger partial charge on any atom is 0.160 e. The summed E-state index contributed by atoms with van der Waals surface area (Å²) in [6.45, 7) is 3.87. The summed E-state index contributed by atoms with van der Waals surface area (Å²) in [7, 11) is 0. The highest BCUT2D eigenvalue weighted by atomic mass is 16.5. The molecular formula is C12H15N5O. The molecule has 4 rings (SSSR count). The number of anilines is 1. The molecule has 2 fully saturated rings. The molecule has 2 aromatic rings. The van der Waals surface area contributed by atoms with Crippen molar-refractivity contribution in [3.8, 4) is 0 Å². The number of hydrogen-bond acceptors (Lipinski definition) is 5. The highest BCUT2D eigenvalue weighted by Crippen LogP contribution is 2.40. The third-order valence-electron chi connectivity index (χ3n) is 4.15. The molecule has 1 spiro atoms. The molecule has 94 valence electrons. The van der Waals surface area contributed by atoms with Gasteiger partial charge in [0.2, 0.25) is 0 Å². The second-order valence-corrected chi connectivity index (χ2v) is 5.30. The van der Waals surface area contributed by atoms with Crippen molar-refractivity contribution in [2.24, 2.45) is 5.41 Å². The van der Waals surface area contributed by atoms with Crippen molar-refractivity contribution in [3.05, 3.63) is 12.5 Å². The van der Waals surface area contributed by atoms with Gasteiger partial charge in [0.1, 0.15) is 12.1 Å². The molecule has 2 aliphatic rings. The van der Waals surface area contributed by atoms with E-state index in [1.165, 1.54) is 12.8 Å². The van der Waals surface area contributed by atoms with E-state index in [2.05, 4.69) is 25.1 Å². The fourth-order valence-corrected chi connectivity index (χ4v) is 3.09. The van der Waals surface area contributed by atoms with Crippen molar-refractivity contribution in [2.45, 2.75) is 12.8 Å². The van der Waals surface area contributed by atoms with Gasteiger partial charge < -0.3 is 9.64 Å². The number of rotatable bonds is 1. The van der Waals surface area contributed by atoms with Gasteiger partial charge in [0.15, 0.2) is 5.65 Å². The Morgan fingerprint density at radius 2 is 2.33 bits per heavy atom.